The second kappa shape index (κ2) is 7.41. The fraction of sp³-hybridized carbons (Fsp3) is 0.250. The zero-order valence-electron chi connectivity index (χ0n) is 11.1. The first-order valence-corrected chi connectivity index (χ1v) is 7.31. The minimum Gasteiger partial charge on any atom is -0.494 e. The molecular formula is C16H17BrFNO. The van der Waals surface area contributed by atoms with Gasteiger partial charge in [0.25, 0.3) is 0 Å². The van der Waals surface area contributed by atoms with Gasteiger partial charge in [0.15, 0.2) is 0 Å². The summed E-state index contributed by atoms with van der Waals surface area (Å²) in [5.41, 5.74) is 6.94. The molecule has 0 aliphatic rings. The summed E-state index contributed by atoms with van der Waals surface area (Å²) in [5, 5.41) is 0. The van der Waals surface area contributed by atoms with Crippen molar-refractivity contribution < 1.29 is 9.13 Å². The van der Waals surface area contributed by atoms with Crippen LogP contribution in [0.2, 0.25) is 0 Å². The maximum Gasteiger partial charge on any atom is 0.124 e. The molecule has 0 spiro atoms. The Kier molecular flexibility index (Phi) is 5.56. The van der Waals surface area contributed by atoms with E-state index in [9.17, 15) is 4.39 Å². The largest absolute Gasteiger partial charge is 0.494 e. The van der Waals surface area contributed by atoms with E-state index in [2.05, 4.69) is 15.9 Å². The Morgan fingerprint density at radius 1 is 1.15 bits per heavy atom. The van der Waals surface area contributed by atoms with E-state index in [0.29, 0.717) is 13.0 Å². The lowest BCUT2D eigenvalue weighted by molar-refractivity contribution is 0.297. The Morgan fingerprint density at radius 3 is 2.60 bits per heavy atom. The molecule has 0 aromatic heterocycles. The van der Waals surface area contributed by atoms with Gasteiger partial charge >= 0.3 is 0 Å². The number of nitrogens with two attached hydrogens (primary N) is 1. The molecule has 1 atom stereocenters. The van der Waals surface area contributed by atoms with E-state index in [0.717, 1.165) is 22.2 Å². The molecule has 20 heavy (non-hydrogen) atoms. The second-order valence-corrected chi connectivity index (χ2v) is 5.61. The summed E-state index contributed by atoms with van der Waals surface area (Å²) in [6.07, 6.45) is 1.36. The highest BCUT2D eigenvalue weighted by Crippen LogP contribution is 2.16. The van der Waals surface area contributed by atoms with E-state index in [4.69, 9.17) is 10.5 Å². The molecule has 1 unspecified atom stereocenters. The van der Waals surface area contributed by atoms with Gasteiger partial charge in [0.05, 0.1) is 6.61 Å². The minimum absolute atomic E-state index is 0.0487. The van der Waals surface area contributed by atoms with Crippen molar-refractivity contribution in [2.45, 2.75) is 18.9 Å². The summed E-state index contributed by atoms with van der Waals surface area (Å²) in [7, 11) is 0. The standard InChI is InChI=1S/C16H17BrFNO/c17-13-8-12(9-14(18)11-13)10-15(19)6-7-20-16-4-2-1-3-5-16/h1-5,8-9,11,15H,6-7,10,19H2. The second-order valence-electron chi connectivity index (χ2n) is 4.69. The van der Waals surface area contributed by atoms with Gasteiger partial charge in [-0.3, -0.25) is 0 Å². The van der Waals surface area contributed by atoms with Crippen LogP contribution in [0.15, 0.2) is 53.0 Å². The van der Waals surface area contributed by atoms with E-state index in [-0.39, 0.29) is 11.9 Å². The topological polar surface area (TPSA) is 35.2 Å². The predicted octanol–water partition coefficient (Wildman–Crippen LogP) is 3.93. The van der Waals surface area contributed by atoms with Crippen LogP contribution in [0, 0.1) is 5.82 Å². The predicted molar refractivity (Wildman–Crippen MR) is 82.3 cm³/mol. The number of hydrogen-bond acceptors (Lipinski definition) is 2. The van der Waals surface area contributed by atoms with Crippen molar-refractivity contribution >= 4 is 15.9 Å². The lowest BCUT2D eigenvalue weighted by atomic mass is 10.0. The molecule has 0 aliphatic carbocycles. The van der Waals surface area contributed by atoms with Gasteiger partial charge in [0, 0.05) is 10.5 Å². The van der Waals surface area contributed by atoms with Gasteiger partial charge < -0.3 is 10.5 Å². The molecule has 0 radical (unpaired) electrons. The third-order valence-corrected chi connectivity index (χ3v) is 3.38. The van der Waals surface area contributed by atoms with E-state index in [1.54, 1.807) is 0 Å². The zero-order chi connectivity index (χ0) is 14.4. The smallest absolute Gasteiger partial charge is 0.124 e. The highest BCUT2D eigenvalue weighted by atomic mass is 79.9. The van der Waals surface area contributed by atoms with E-state index in [1.807, 2.05) is 36.4 Å². The van der Waals surface area contributed by atoms with Gasteiger partial charge in [0.1, 0.15) is 11.6 Å². The molecule has 106 valence electrons. The van der Waals surface area contributed by atoms with Crippen molar-refractivity contribution in [1.82, 2.24) is 0 Å². The van der Waals surface area contributed by atoms with E-state index < -0.39 is 0 Å². The molecule has 2 nitrogen and oxygen atoms in total. The Bertz CT molecular complexity index is 527. The number of hydrogen-bond donors (Lipinski definition) is 1. The van der Waals surface area contributed by atoms with Crippen molar-refractivity contribution in [2.75, 3.05) is 6.61 Å². The summed E-state index contributed by atoms with van der Waals surface area (Å²) in [4.78, 5) is 0. The first-order chi connectivity index (χ1) is 9.63. The van der Waals surface area contributed by atoms with E-state index >= 15 is 0 Å². The first-order valence-electron chi connectivity index (χ1n) is 6.52. The van der Waals surface area contributed by atoms with Crippen molar-refractivity contribution in [3.8, 4) is 5.75 Å². The van der Waals surface area contributed by atoms with Crippen LogP contribution < -0.4 is 10.5 Å². The third-order valence-electron chi connectivity index (χ3n) is 2.92. The van der Waals surface area contributed by atoms with Crippen LogP contribution in [-0.4, -0.2) is 12.6 Å². The molecule has 0 aliphatic heterocycles. The van der Waals surface area contributed by atoms with Gasteiger partial charge in [-0.05, 0) is 48.7 Å². The molecule has 2 N–H and O–H groups in total. The summed E-state index contributed by atoms with van der Waals surface area (Å²) in [6, 6.07) is 14.4. The Balaban J connectivity index is 1.79. The molecule has 0 heterocycles. The van der Waals surface area contributed by atoms with E-state index in [1.165, 1.54) is 12.1 Å². The summed E-state index contributed by atoms with van der Waals surface area (Å²) in [6.45, 7) is 0.557. The molecule has 0 saturated carbocycles. The van der Waals surface area contributed by atoms with Crippen molar-refractivity contribution in [2.24, 2.45) is 5.73 Å². The van der Waals surface area contributed by atoms with Crippen LogP contribution in [0.1, 0.15) is 12.0 Å². The van der Waals surface area contributed by atoms with Crippen LogP contribution >= 0.6 is 15.9 Å². The molecule has 4 heteroatoms. The Labute approximate surface area is 126 Å². The van der Waals surface area contributed by atoms with Crippen molar-refractivity contribution in [3.05, 3.63) is 64.4 Å². The zero-order valence-corrected chi connectivity index (χ0v) is 12.6. The van der Waals surface area contributed by atoms with Crippen LogP contribution in [0.25, 0.3) is 0 Å². The van der Waals surface area contributed by atoms with Crippen LogP contribution in [0.4, 0.5) is 4.39 Å². The van der Waals surface area contributed by atoms with Crippen molar-refractivity contribution in [1.29, 1.82) is 0 Å². The minimum atomic E-state index is -0.248. The molecule has 0 amide bonds. The van der Waals surface area contributed by atoms with Crippen LogP contribution in [0.5, 0.6) is 5.75 Å². The molecular weight excluding hydrogens is 321 g/mol. The lowest BCUT2D eigenvalue weighted by Gasteiger charge is -2.13. The third kappa shape index (κ3) is 4.94. The number of para-hydroxylation sites is 1. The van der Waals surface area contributed by atoms with Crippen molar-refractivity contribution in [3.63, 3.8) is 0 Å². The normalized spacial score (nSPS) is 12.2. The van der Waals surface area contributed by atoms with Crippen LogP contribution in [-0.2, 0) is 6.42 Å². The molecule has 0 fully saturated rings. The highest BCUT2D eigenvalue weighted by Gasteiger charge is 2.07. The number of rotatable bonds is 6. The first kappa shape index (κ1) is 15.0. The highest BCUT2D eigenvalue weighted by molar-refractivity contribution is 9.10. The maximum atomic E-state index is 13.3. The molecule has 0 saturated heterocycles. The SMILES string of the molecule is NC(CCOc1ccccc1)Cc1cc(F)cc(Br)c1. The molecule has 2 aromatic rings. The fourth-order valence-electron chi connectivity index (χ4n) is 1.98. The average molecular weight is 338 g/mol. The maximum absolute atomic E-state index is 13.3. The van der Waals surface area contributed by atoms with Gasteiger partial charge in [0.2, 0.25) is 0 Å². The number of ether oxygens (including phenoxy) is 1. The average Bonchev–Trinajstić information content (AvgIpc) is 2.38. The quantitative estimate of drug-likeness (QED) is 0.866. The summed E-state index contributed by atoms with van der Waals surface area (Å²) >= 11 is 3.28. The summed E-state index contributed by atoms with van der Waals surface area (Å²) in [5.74, 6) is 0.593. The Morgan fingerprint density at radius 2 is 1.90 bits per heavy atom. The number of halogens is 2. The van der Waals surface area contributed by atoms with Crippen LogP contribution in [0.3, 0.4) is 0 Å². The van der Waals surface area contributed by atoms with Gasteiger partial charge in [-0.2, -0.15) is 0 Å². The van der Waals surface area contributed by atoms with Gasteiger partial charge in [-0.25, -0.2) is 4.39 Å². The fourth-order valence-corrected chi connectivity index (χ4v) is 2.49. The van der Waals surface area contributed by atoms with Gasteiger partial charge in [-0.1, -0.05) is 34.1 Å². The van der Waals surface area contributed by atoms with Gasteiger partial charge in [-0.15, -0.1) is 0 Å². The summed E-state index contributed by atoms with van der Waals surface area (Å²) < 4.78 is 19.6. The molecule has 2 rings (SSSR count). The number of benzene rings is 2. The monoisotopic (exact) mass is 337 g/mol. The Hall–Kier alpha value is -1.39. The molecule has 0 bridgehead atoms. The lowest BCUT2D eigenvalue weighted by Crippen LogP contribution is -2.25. The molecule has 2 aromatic carbocycles.